The molecule has 0 atom stereocenters. The van der Waals surface area contributed by atoms with Gasteiger partial charge in [0.05, 0.1) is 91.8 Å². The molecule has 0 saturated heterocycles. The van der Waals surface area contributed by atoms with Gasteiger partial charge in [-0.2, -0.15) is 0 Å². The molecule has 0 unspecified atom stereocenters. The third-order valence-corrected chi connectivity index (χ3v) is 22.6. The molecule has 21 rings (SSSR count). The van der Waals surface area contributed by atoms with E-state index in [1.165, 1.54) is 73.8 Å². The van der Waals surface area contributed by atoms with Crippen molar-refractivity contribution in [1.29, 1.82) is 0 Å². The molecule has 0 radical (unpaired) electrons. The molecule has 4 aliphatic rings. The number of imidazole rings is 4. The Kier molecular flexibility index (Phi) is 18.2. The summed E-state index contributed by atoms with van der Waals surface area (Å²) < 4.78 is 35.4. The summed E-state index contributed by atoms with van der Waals surface area (Å²) in [6.45, 7) is 26.7. The number of fused-ring (bicyclic) bond motifs is 5. The van der Waals surface area contributed by atoms with Crippen LogP contribution in [0.5, 0.6) is 11.8 Å². The van der Waals surface area contributed by atoms with Crippen molar-refractivity contribution in [2.24, 2.45) is 7.05 Å². The van der Waals surface area contributed by atoms with Crippen molar-refractivity contribution in [3.63, 3.8) is 0 Å². The second-order valence-corrected chi connectivity index (χ2v) is 31.1. The number of hydrogen-bond acceptors (Lipinski definition) is 17. The number of aryl methyl sites for hydroxylation is 13. The Morgan fingerprint density at radius 2 is 0.752 bits per heavy atom. The monoisotopic (exact) mass is 1500 g/mol. The van der Waals surface area contributed by atoms with E-state index in [1.54, 1.807) is 19.5 Å². The van der Waals surface area contributed by atoms with Crippen LogP contribution in [-0.4, -0.2) is 93.7 Å². The fraction of sp³-hybridized carbons (Fsp3) is 0.308. The molecule has 0 amide bonds. The number of H-pyrrole nitrogens is 4. The Balaban J connectivity index is 0.000000105. The van der Waals surface area contributed by atoms with Crippen LogP contribution in [0.4, 0.5) is 0 Å². The molecule has 4 saturated carbocycles. The van der Waals surface area contributed by atoms with Gasteiger partial charge in [-0.05, 0) is 270 Å². The lowest BCUT2D eigenvalue weighted by Crippen LogP contribution is -1.99. The summed E-state index contributed by atoms with van der Waals surface area (Å²) in [7, 11) is 3.74. The molecule has 0 spiro atoms. The predicted molar refractivity (Wildman–Crippen MR) is 440 cm³/mol. The van der Waals surface area contributed by atoms with Gasteiger partial charge < -0.3 is 52.1 Å². The molecule has 570 valence electrons. The van der Waals surface area contributed by atoms with Crippen molar-refractivity contribution < 1.29 is 27.6 Å². The molecule has 4 N–H and O–H groups in total. The zero-order valence-corrected chi connectivity index (χ0v) is 66.5. The summed E-state index contributed by atoms with van der Waals surface area (Å²) in [4.78, 5) is 47.7. The molecule has 12 heterocycles. The summed E-state index contributed by atoms with van der Waals surface area (Å²) in [6.07, 6.45) is 17.2. The van der Waals surface area contributed by atoms with Crippen LogP contribution in [0.25, 0.3) is 144 Å². The molecule has 5 aromatic carbocycles. The van der Waals surface area contributed by atoms with Gasteiger partial charge in [-0.3, -0.25) is 4.98 Å². The smallest absolute Gasteiger partial charge is 0.221 e. The van der Waals surface area contributed by atoms with E-state index in [2.05, 4.69) is 174 Å². The van der Waals surface area contributed by atoms with Crippen LogP contribution in [0.2, 0.25) is 0 Å². The van der Waals surface area contributed by atoms with Crippen molar-refractivity contribution in [3.8, 4) is 101 Å². The highest BCUT2D eigenvalue weighted by molar-refractivity contribution is 6.06. The van der Waals surface area contributed by atoms with Gasteiger partial charge >= 0.3 is 0 Å². The van der Waals surface area contributed by atoms with Crippen molar-refractivity contribution in [1.82, 2.24) is 80.0 Å². The SMILES string of the molecule is CCOc1nccc(C)c1-c1cc(-c2c(C)noc2C)cc2[nH]c(C3CC3)nc12.COc1nccc(C)c1-c1cc(-c2c(C)noc2C)cc2[nH]c(C3CC3)nc12.Cc1ccc2ncccc2c1-c1cc(-c2c(C)noc2C)cc2[nH]c(C3CC3)nc12.Cc1ccn(C)c1-c1cc(-c2c(C)noc2C)cc2[nH]c(C3CC3)nc12. The molecule has 4 aliphatic carbocycles. The van der Waals surface area contributed by atoms with E-state index >= 15 is 0 Å². The number of ether oxygens (including phenoxy) is 2. The maximum absolute atomic E-state index is 5.89. The van der Waals surface area contributed by atoms with Crippen LogP contribution in [0.1, 0.15) is 173 Å². The number of nitrogens with one attached hydrogen (secondary N) is 4. The van der Waals surface area contributed by atoms with Gasteiger partial charge in [0.25, 0.3) is 0 Å². The molecule has 12 aromatic heterocycles. The lowest BCUT2D eigenvalue weighted by atomic mass is 9.92. The van der Waals surface area contributed by atoms with E-state index in [0.29, 0.717) is 42.0 Å². The first-order valence-corrected chi connectivity index (χ1v) is 39.2. The molecule has 22 heteroatoms. The Morgan fingerprint density at radius 1 is 0.389 bits per heavy atom. The molecular weight excluding hydrogens is 1410 g/mol. The molecule has 17 aromatic rings. The van der Waals surface area contributed by atoms with Crippen molar-refractivity contribution >= 4 is 55.0 Å². The maximum Gasteiger partial charge on any atom is 0.221 e. The molecule has 22 nitrogen and oxygen atoms in total. The zero-order chi connectivity index (χ0) is 77.9. The van der Waals surface area contributed by atoms with Gasteiger partial charge in [0.15, 0.2) is 0 Å². The fourth-order valence-electron chi connectivity index (χ4n) is 16.5. The lowest BCUT2D eigenvalue weighted by molar-refractivity contribution is 0.328. The normalized spacial score (nSPS) is 14.1. The van der Waals surface area contributed by atoms with Crippen LogP contribution in [-0.2, 0) is 7.05 Å². The number of aromatic amines is 4. The zero-order valence-electron chi connectivity index (χ0n) is 66.5. The van der Waals surface area contributed by atoms with E-state index in [9.17, 15) is 0 Å². The molecule has 113 heavy (non-hydrogen) atoms. The number of pyridine rings is 3. The first-order valence-electron chi connectivity index (χ1n) is 39.2. The second-order valence-electron chi connectivity index (χ2n) is 31.1. The van der Waals surface area contributed by atoms with Crippen molar-refractivity contribution in [3.05, 3.63) is 207 Å². The fourth-order valence-corrected chi connectivity index (χ4v) is 16.5. The summed E-state index contributed by atoms with van der Waals surface area (Å²) in [5.41, 5.74) is 34.5. The Bertz CT molecular complexity index is 6470. The first kappa shape index (κ1) is 72.0. The number of nitrogens with zero attached hydrogens (tertiary/aromatic N) is 12. The third kappa shape index (κ3) is 13.4. The van der Waals surface area contributed by atoms with E-state index < -0.39 is 0 Å². The van der Waals surface area contributed by atoms with E-state index in [-0.39, 0.29) is 0 Å². The molecule has 4 fully saturated rings. The van der Waals surface area contributed by atoms with Gasteiger partial charge in [0, 0.05) is 117 Å². The molecular formula is C91H90N16O6. The van der Waals surface area contributed by atoms with Gasteiger partial charge in [0.1, 0.15) is 46.3 Å². The van der Waals surface area contributed by atoms with Crippen LogP contribution < -0.4 is 9.47 Å². The quantitative estimate of drug-likeness (QED) is 0.0742. The largest absolute Gasteiger partial charge is 0.481 e. The number of methoxy groups -OCH3 is 1. The standard InChI is InChI=1S/C25H22N4O.C23H24N4O2.C22H22N4O2.C21H22N4O/c1-13-6-9-20-18(5-4-10-26-20)22(13)19-11-17(23-14(2)29-30-15(23)3)12-21-24(19)28-25(27-21)16-7-8-16;1-5-28-23-19(12(2)8-9-24-23)17-10-16(20-13(3)27-29-14(20)4)11-18-21(17)26-22(25-18)15-6-7-15;1-11-7-8-23-22(27-4)18(11)16-9-15(19-12(2)26-28-13(19)3)10-17-20(16)25-21(24-17)14-5-6-14;1-11-7-8-25(4)20(11)16-9-15(18-12(2)24-26-13(18)3)10-17-19(16)23-21(22-17)14-5-6-14/h4-6,9-12,16H,7-8H2,1-3H3,(H,27,28);8-11,15H,5-7H2,1-4H3,(H,25,26);7-10,14H,5-6H2,1-4H3,(H,24,25);7-10,14H,5-6H2,1-4H3,(H,22,23). The highest BCUT2D eigenvalue weighted by atomic mass is 16.5. The Labute approximate surface area is 653 Å². The lowest BCUT2D eigenvalue weighted by Gasteiger charge is -2.14. The first-order chi connectivity index (χ1) is 54.7. The Hall–Kier alpha value is -12.6. The summed E-state index contributed by atoms with van der Waals surface area (Å²) in [5.74, 6) is 11.1. The Morgan fingerprint density at radius 3 is 1.11 bits per heavy atom. The van der Waals surface area contributed by atoms with Crippen LogP contribution in [0.15, 0.2) is 134 Å². The number of rotatable bonds is 15. The molecule has 0 aliphatic heterocycles. The van der Waals surface area contributed by atoms with Gasteiger partial charge in [-0.25, -0.2) is 29.9 Å². The predicted octanol–water partition coefficient (Wildman–Crippen LogP) is 21.8. The van der Waals surface area contributed by atoms with Gasteiger partial charge in [-0.15, -0.1) is 0 Å². The summed E-state index contributed by atoms with van der Waals surface area (Å²) in [5, 5.41) is 17.7. The average Bonchev–Trinajstić information content (AvgIpc) is 1.67. The highest BCUT2D eigenvalue weighted by Crippen LogP contribution is 2.49. The summed E-state index contributed by atoms with van der Waals surface area (Å²) >= 11 is 0. The van der Waals surface area contributed by atoms with Crippen molar-refractivity contribution in [2.75, 3.05) is 13.7 Å². The second kappa shape index (κ2) is 28.6. The van der Waals surface area contributed by atoms with Crippen molar-refractivity contribution in [2.45, 2.75) is 165 Å². The number of benzene rings is 5. The minimum Gasteiger partial charge on any atom is -0.481 e. The summed E-state index contributed by atoms with van der Waals surface area (Å²) in [6, 6.07) is 32.0. The number of aromatic nitrogens is 16. The van der Waals surface area contributed by atoms with Crippen LogP contribution in [0, 0.1) is 83.1 Å². The number of hydrogen-bond donors (Lipinski definition) is 4. The topological polar surface area (TPSA) is 281 Å². The van der Waals surface area contributed by atoms with E-state index in [1.807, 2.05) is 86.7 Å². The molecule has 0 bridgehead atoms. The van der Waals surface area contributed by atoms with E-state index in [4.69, 9.17) is 47.5 Å². The maximum atomic E-state index is 5.89. The average molecular weight is 1500 g/mol. The van der Waals surface area contributed by atoms with Gasteiger partial charge in [0.2, 0.25) is 11.8 Å². The minimum absolute atomic E-state index is 0.541. The van der Waals surface area contributed by atoms with Crippen LogP contribution in [0.3, 0.4) is 0 Å². The van der Waals surface area contributed by atoms with E-state index in [0.717, 1.165) is 213 Å². The highest BCUT2D eigenvalue weighted by Gasteiger charge is 2.34. The van der Waals surface area contributed by atoms with Crippen LogP contribution >= 0.6 is 0 Å². The third-order valence-electron chi connectivity index (χ3n) is 22.6. The van der Waals surface area contributed by atoms with Gasteiger partial charge in [-0.1, -0.05) is 32.8 Å². The minimum atomic E-state index is 0.541.